The fourth-order valence-corrected chi connectivity index (χ4v) is 3.20. The van der Waals surface area contributed by atoms with Crippen LogP contribution in [0.2, 0.25) is 10.0 Å². The number of anilines is 1. The number of rotatable bonds is 4. The number of imidazole rings is 1. The second kappa shape index (κ2) is 8.11. The Labute approximate surface area is 178 Å². The molecule has 0 bridgehead atoms. The summed E-state index contributed by atoms with van der Waals surface area (Å²) in [6.45, 7) is 1.96. The van der Waals surface area contributed by atoms with E-state index in [1.165, 1.54) is 6.08 Å². The molecule has 4 nitrogen and oxygen atoms in total. The Bertz CT molecular complexity index is 1170. The number of hydrogen-bond donors (Lipinski definition) is 2. The Morgan fingerprint density at radius 2 is 1.76 bits per heavy atom. The number of carbonyl (C=O) groups excluding carboxylic acids is 1. The molecule has 144 valence electrons. The molecule has 0 aliphatic heterocycles. The number of aromatic nitrogens is 2. The first-order valence-corrected chi connectivity index (χ1v) is 9.74. The van der Waals surface area contributed by atoms with Crippen LogP contribution in [0.4, 0.5) is 5.69 Å². The second-order valence-electron chi connectivity index (χ2n) is 6.66. The van der Waals surface area contributed by atoms with E-state index >= 15 is 0 Å². The van der Waals surface area contributed by atoms with Crippen molar-refractivity contribution in [3.8, 4) is 11.4 Å². The van der Waals surface area contributed by atoms with Gasteiger partial charge in [0.05, 0.1) is 11.0 Å². The second-order valence-corrected chi connectivity index (χ2v) is 7.50. The van der Waals surface area contributed by atoms with Gasteiger partial charge in [-0.1, -0.05) is 35.3 Å². The van der Waals surface area contributed by atoms with Crippen LogP contribution in [0.1, 0.15) is 11.1 Å². The Balaban J connectivity index is 1.46. The maximum absolute atomic E-state index is 12.1. The van der Waals surface area contributed by atoms with Crippen LogP contribution in [0.5, 0.6) is 0 Å². The Kier molecular flexibility index (Phi) is 5.38. The summed E-state index contributed by atoms with van der Waals surface area (Å²) < 4.78 is 0. The highest BCUT2D eigenvalue weighted by molar-refractivity contribution is 6.32. The van der Waals surface area contributed by atoms with E-state index in [0.717, 1.165) is 33.5 Å². The van der Waals surface area contributed by atoms with Crippen molar-refractivity contribution < 1.29 is 4.79 Å². The van der Waals surface area contributed by atoms with Crippen molar-refractivity contribution in [2.45, 2.75) is 6.92 Å². The van der Waals surface area contributed by atoms with Crippen molar-refractivity contribution in [2.24, 2.45) is 0 Å². The summed E-state index contributed by atoms with van der Waals surface area (Å²) in [7, 11) is 0. The van der Waals surface area contributed by atoms with Crippen LogP contribution in [-0.4, -0.2) is 15.9 Å². The molecular weight excluding hydrogens is 405 g/mol. The molecule has 0 saturated carbocycles. The molecule has 1 heterocycles. The first-order chi connectivity index (χ1) is 14.0. The Morgan fingerprint density at radius 3 is 2.48 bits per heavy atom. The zero-order valence-corrected chi connectivity index (χ0v) is 17.1. The number of aromatic amines is 1. The Morgan fingerprint density at radius 1 is 1.03 bits per heavy atom. The minimum atomic E-state index is -0.207. The molecule has 1 aromatic heterocycles. The lowest BCUT2D eigenvalue weighted by Gasteiger charge is -2.03. The van der Waals surface area contributed by atoms with Gasteiger partial charge in [-0.2, -0.15) is 0 Å². The summed E-state index contributed by atoms with van der Waals surface area (Å²) in [4.78, 5) is 20.0. The number of aryl methyl sites for hydroxylation is 1. The summed E-state index contributed by atoms with van der Waals surface area (Å²) in [6.07, 6.45) is 3.23. The van der Waals surface area contributed by atoms with Crippen LogP contribution in [-0.2, 0) is 4.79 Å². The number of halogens is 2. The van der Waals surface area contributed by atoms with Crippen molar-refractivity contribution in [1.82, 2.24) is 9.97 Å². The number of hydrogen-bond acceptors (Lipinski definition) is 2. The van der Waals surface area contributed by atoms with Crippen LogP contribution in [0.25, 0.3) is 28.5 Å². The molecule has 0 atom stereocenters. The van der Waals surface area contributed by atoms with Crippen LogP contribution in [0.3, 0.4) is 0 Å². The van der Waals surface area contributed by atoms with Gasteiger partial charge in [0.25, 0.3) is 0 Å². The third-order valence-electron chi connectivity index (χ3n) is 4.49. The van der Waals surface area contributed by atoms with E-state index in [9.17, 15) is 4.79 Å². The highest BCUT2D eigenvalue weighted by Crippen LogP contribution is 2.26. The lowest BCUT2D eigenvalue weighted by atomic mass is 10.2. The highest BCUT2D eigenvalue weighted by atomic mass is 35.5. The smallest absolute Gasteiger partial charge is 0.248 e. The molecule has 29 heavy (non-hydrogen) atoms. The molecule has 4 aromatic rings. The van der Waals surface area contributed by atoms with E-state index in [2.05, 4.69) is 15.3 Å². The lowest BCUT2D eigenvalue weighted by molar-refractivity contribution is -0.111. The molecule has 1 amide bonds. The molecule has 0 aliphatic carbocycles. The molecule has 6 heteroatoms. The number of nitrogens with zero attached hydrogens (tertiary/aromatic N) is 1. The number of benzene rings is 3. The highest BCUT2D eigenvalue weighted by Gasteiger charge is 2.08. The largest absolute Gasteiger partial charge is 0.338 e. The minimum absolute atomic E-state index is 0.207. The molecule has 0 unspecified atom stereocenters. The van der Waals surface area contributed by atoms with Gasteiger partial charge in [0.2, 0.25) is 5.91 Å². The quantitative estimate of drug-likeness (QED) is 0.369. The standard InChI is InChI=1S/C23H17Cl2N3O/c1-14-12-20-21(13-19(14)25)28-23(27-20)16-5-9-18(10-6-16)26-22(29)11-4-15-2-7-17(24)8-3-15/h2-13H,1H3,(H,26,29)(H,27,28)/b11-4+. The SMILES string of the molecule is Cc1cc2[nH]c(-c3ccc(NC(=O)/C=C/c4ccc(Cl)cc4)cc3)nc2cc1Cl. The van der Waals surface area contributed by atoms with Gasteiger partial charge >= 0.3 is 0 Å². The van der Waals surface area contributed by atoms with E-state index in [4.69, 9.17) is 23.2 Å². The third-order valence-corrected chi connectivity index (χ3v) is 5.14. The van der Waals surface area contributed by atoms with Crippen LogP contribution in [0.15, 0.2) is 66.7 Å². The number of H-pyrrole nitrogens is 1. The number of carbonyl (C=O) groups is 1. The molecule has 0 radical (unpaired) electrons. The molecular formula is C23H17Cl2N3O. The topological polar surface area (TPSA) is 57.8 Å². The normalized spacial score (nSPS) is 11.3. The predicted molar refractivity (Wildman–Crippen MR) is 120 cm³/mol. The maximum atomic E-state index is 12.1. The van der Waals surface area contributed by atoms with Gasteiger partial charge in [0.15, 0.2) is 0 Å². The number of nitrogens with one attached hydrogen (secondary N) is 2. The van der Waals surface area contributed by atoms with E-state index in [1.807, 2.05) is 55.5 Å². The monoisotopic (exact) mass is 421 g/mol. The van der Waals surface area contributed by atoms with Crippen LogP contribution in [0, 0.1) is 6.92 Å². The van der Waals surface area contributed by atoms with Gasteiger partial charge in [-0.25, -0.2) is 4.98 Å². The van der Waals surface area contributed by atoms with E-state index in [-0.39, 0.29) is 5.91 Å². The maximum Gasteiger partial charge on any atom is 0.248 e. The lowest BCUT2D eigenvalue weighted by Crippen LogP contribution is -2.07. The molecule has 4 rings (SSSR count). The molecule has 0 fully saturated rings. The summed E-state index contributed by atoms with van der Waals surface area (Å²) >= 11 is 12.0. The fraction of sp³-hybridized carbons (Fsp3) is 0.0435. The third kappa shape index (κ3) is 4.50. The molecule has 2 N–H and O–H groups in total. The average molecular weight is 422 g/mol. The first-order valence-electron chi connectivity index (χ1n) is 8.99. The average Bonchev–Trinajstić information content (AvgIpc) is 3.11. The zero-order chi connectivity index (χ0) is 20.4. The zero-order valence-electron chi connectivity index (χ0n) is 15.5. The van der Waals surface area contributed by atoms with Crippen LogP contribution >= 0.6 is 23.2 Å². The molecule has 0 saturated heterocycles. The van der Waals surface area contributed by atoms with Gasteiger partial charge in [-0.15, -0.1) is 0 Å². The van der Waals surface area contributed by atoms with Gasteiger partial charge in [0.1, 0.15) is 5.82 Å². The van der Waals surface area contributed by atoms with E-state index < -0.39 is 0 Å². The van der Waals surface area contributed by atoms with Gasteiger partial charge < -0.3 is 10.3 Å². The molecule has 0 aliphatic rings. The summed E-state index contributed by atoms with van der Waals surface area (Å²) in [5, 5.41) is 4.20. The van der Waals surface area contributed by atoms with Crippen molar-refractivity contribution >= 4 is 51.9 Å². The summed E-state index contributed by atoms with van der Waals surface area (Å²) in [5.41, 5.74) is 5.28. The van der Waals surface area contributed by atoms with E-state index in [1.54, 1.807) is 18.2 Å². The van der Waals surface area contributed by atoms with E-state index in [0.29, 0.717) is 15.7 Å². The molecule has 0 spiro atoms. The van der Waals surface area contributed by atoms with Crippen molar-refractivity contribution in [3.63, 3.8) is 0 Å². The minimum Gasteiger partial charge on any atom is -0.338 e. The fourth-order valence-electron chi connectivity index (χ4n) is 2.92. The van der Waals surface area contributed by atoms with Gasteiger partial charge in [-0.3, -0.25) is 4.79 Å². The summed E-state index contributed by atoms with van der Waals surface area (Å²) in [6, 6.07) is 18.6. The summed E-state index contributed by atoms with van der Waals surface area (Å²) in [5.74, 6) is 0.545. The van der Waals surface area contributed by atoms with Gasteiger partial charge in [0, 0.05) is 27.4 Å². The Hall–Kier alpha value is -3.08. The first kappa shape index (κ1) is 19.2. The predicted octanol–water partition coefficient (Wildman–Crippen LogP) is 6.50. The van der Waals surface area contributed by atoms with Crippen molar-refractivity contribution in [3.05, 3.63) is 87.9 Å². The number of amides is 1. The van der Waals surface area contributed by atoms with Crippen molar-refractivity contribution in [2.75, 3.05) is 5.32 Å². The van der Waals surface area contributed by atoms with Crippen LogP contribution < -0.4 is 5.32 Å². The van der Waals surface area contributed by atoms with Crippen molar-refractivity contribution in [1.29, 1.82) is 0 Å². The van der Waals surface area contributed by atoms with Gasteiger partial charge in [-0.05, 0) is 72.7 Å². The molecule has 3 aromatic carbocycles. The number of fused-ring (bicyclic) bond motifs is 1.